The number of nitrogens with one attached hydrogen (secondary N) is 1. The van der Waals surface area contributed by atoms with Gasteiger partial charge in [-0.15, -0.1) is 0 Å². The summed E-state index contributed by atoms with van der Waals surface area (Å²) < 4.78 is 0. The largest absolute Gasteiger partial charge is 0.350 e. The van der Waals surface area contributed by atoms with Gasteiger partial charge in [0, 0.05) is 36.7 Å². The predicted molar refractivity (Wildman–Crippen MR) is 95.9 cm³/mol. The Kier molecular flexibility index (Phi) is 6.06. The summed E-state index contributed by atoms with van der Waals surface area (Å²) in [7, 11) is 2.12. The molecule has 4 nitrogen and oxygen atoms in total. The Morgan fingerprint density at radius 2 is 1.87 bits per heavy atom. The second kappa shape index (κ2) is 7.65. The Balaban J connectivity index is 1.93. The van der Waals surface area contributed by atoms with Crippen LogP contribution in [0.5, 0.6) is 0 Å². The molecule has 1 aliphatic rings. The van der Waals surface area contributed by atoms with Gasteiger partial charge in [0.05, 0.1) is 6.04 Å². The van der Waals surface area contributed by atoms with E-state index in [9.17, 15) is 4.79 Å². The van der Waals surface area contributed by atoms with Crippen LogP contribution in [0.15, 0.2) is 24.3 Å². The summed E-state index contributed by atoms with van der Waals surface area (Å²) in [5, 5.41) is 3.94. The molecule has 1 amide bonds. The van der Waals surface area contributed by atoms with Crippen molar-refractivity contribution in [3.63, 3.8) is 0 Å². The number of rotatable bonds is 5. The third kappa shape index (κ3) is 5.20. The molecule has 0 aromatic heterocycles. The Morgan fingerprint density at radius 3 is 2.48 bits per heavy atom. The minimum atomic E-state index is -0.330. The molecule has 1 aromatic carbocycles. The number of carbonyl (C=O) groups is 1. The lowest BCUT2D eigenvalue weighted by Crippen LogP contribution is -2.56. The zero-order chi connectivity index (χ0) is 17.0. The minimum Gasteiger partial charge on any atom is -0.350 e. The number of hydrogen-bond donors (Lipinski definition) is 1. The normalized spacial score (nSPS) is 18.7. The molecule has 0 unspecified atom stereocenters. The fourth-order valence-electron chi connectivity index (χ4n) is 2.98. The van der Waals surface area contributed by atoms with Gasteiger partial charge >= 0.3 is 0 Å². The van der Waals surface area contributed by atoms with Crippen LogP contribution < -0.4 is 5.32 Å². The standard InChI is InChI=1S/C18H28ClN3O/c1-14(22-11-9-21(4)10-12-22)17(23)20-18(2,3)13-15-7-5-6-8-16(15)19/h5-8,14H,9-13H2,1-4H3,(H,20,23)/t14-/m1/s1. The van der Waals surface area contributed by atoms with E-state index >= 15 is 0 Å². The molecule has 0 aliphatic carbocycles. The van der Waals surface area contributed by atoms with E-state index in [-0.39, 0.29) is 17.5 Å². The van der Waals surface area contributed by atoms with Crippen LogP contribution in [0.1, 0.15) is 26.3 Å². The number of piperazine rings is 1. The first-order valence-corrected chi connectivity index (χ1v) is 8.64. The average molecular weight is 338 g/mol. The number of nitrogens with zero attached hydrogens (tertiary/aromatic N) is 2. The highest BCUT2D eigenvalue weighted by atomic mass is 35.5. The summed E-state index contributed by atoms with van der Waals surface area (Å²) >= 11 is 6.24. The Labute approximate surface area is 144 Å². The molecule has 128 valence electrons. The molecule has 1 aliphatic heterocycles. The highest BCUT2D eigenvalue weighted by molar-refractivity contribution is 6.31. The van der Waals surface area contributed by atoms with Gasteiger partial charge in [0.15, 0.2) is 0 Å². The lowest BCUT2D eigenvalue weighted by Gasteiger charge is -2.37. The maximum absolute atomic E-state index is 12.6. The van der Waals surface area contributed by atoms with Crippen LogP contribution >= 0.6 is 11.6 Å². The summed E-state index contributed by atoms with van der Waals surface area (Å²) in [6.45, 7) is 10.00. The summed E-state index contributed by atoms with van der Waals surface area (Å²) in [6.07, 6.45) is 0.716. The topological polar surface area (TPSA) is 35.6 Å². The molecule has 23 heavy (non-hydrogen) atoms. The molecule has 1 atom stereocenters. The van der Waals surface area contributed by atoms with Crippen LogP contribution in [0.3, 0.4) is 0 Å². The second-order valence-electron chi connectivity index (χ2n) is 7.16. The third-order valence-electron chi connectivity index (χ3n) is 4.52. The number of amides is 1. The number of halogens is 1. The second-order valence-corrected chi connectivity index (χ2v) is 7.56. The van der Waals surface area contributed by atoms with Crippen molar-refractivity contribution in [1.29, 1.82) is 0 Å². The van der Waals surface area contributed by atoms with Crippen molar-refractivity contribution in [3.05, 3.63) is 34.9 Å². The van der Waals surface area contributed by atoms with Gasteiger partial charge in [0.2, 0.25) is 5.91 Å². The highest BCUT2D eigenvalue weighted by Gasteiger charge is 2.29. The Bertz CT molecular complexity index is 539. The molecule has 1 N–H and O–H groups in total. The van der Waals surface area contributed by atoms with Gasteiger partial charge < -0.3 is 10.2 Å². The molecule has 0 bridgehead atoms. The maximum atomic E-state index is 12.6. The monoisotopic (exact) mass is 337 g/mol. The lowest BCUT2D eigenvalue weighted by molar-refractivity contribution is -0.128. The van der Waals surface area contributed by atoms with Crippen LogP contribution in [0.4, 0.5) is 0 Å². The first kappa shape index (κ1) is 18.2. The molecule has 0 spiro atoms. The van der Waals surface area contributed by atoms with Crippen molar-refractivity contribution in [1.82, 2.24) is 15.1 Å². The van der Waals surface area contributed by atoms with Crippen LogP contribution in [0.25, 0.3) is 0 Å². The van der Waals surface area contributed by atoms with Crippen LogP contribution in [0.2, 0.25) is 5.02 Å². The van der Waals surface area contributed by atoms with Crippen molar-refractivity contribution in [3.8, 4) is 0 Å². The fraction of sp³-hybridized carbons (Fsp3) is 0.611. The van der Waals surface area contributed by atoms with Gasteiger partial charge in [-0.1, -0.05) is 29.8 Å². The lowest BCUT2D eigenvalue weighted by atomic mass is 9.94. The molecule has 0 radical (unpaired) electrons. The van der Waals surface area contributed by atoms with Gasteiger partial charge in [-0.3, -0.25) is 9.69 Å². The van der Waals surface area contributed by atoms with E-state index in [4.69, 9.17) is 11.6 Å². The zero-order valence-corrected chi connectivity index (χ0v) is 15.4. The number of hydrogen-bond acceptors (Lipinski definition) is 3. The van der Waals surface area contributed by atoms with Crippen molar-refractivity contribution >= 4 is 17.5 Å². The molecule has 5 heteroatoms. The molecular formula is C18H28ClN3O. The van der Waals surface area contributed by atoms with Crippen molar-refractivity contribution in [2.24, 2.45) is 0 Å². The Hall–Kier alpha value is -1.10. The Morgan fingerprint density at radius 1 is 1.26 bits per heavy atom. The SMILES string of the molecule is C[C@H](C(=O)NC(C)(C)Cc1ccccc1Cl)N1CCN(C)CC1. The van der Waals surface area contributed by atoms with Gasteiger partial charge in [-0.25, -0.2) is 0 Å². The minimum absolute atomic E-state index is 0.0895. The third-order valence-corrected chi connectivity index (χ3v) is 4.89. The molecular weight excluding hydrogens is 310 g/mol. The predicted octanol–water partition coefficient (Wildman–Crippen LogP) is 2.41. The van der Waals surface area contributed by atoms with E-state index in [1.165, 1.54) is 0 Å². The number of carbonyl (C=O) groups excluding carboxylic acids is 1. The first-order valence-electron chi connectivity index (χ1n) is 8.26. The van der Waals surface area contributed by atoms with E-state index in [0.717, 1.165) is 36.8 Å². The molecule has 1 saturated heterocycles. The number of benzene rings is 1. The molecule has 2 rings (SSSR count). The van der Waals surface area contributed by atoms with E-state index in [1.54, 1.807) is 0 Å². The van der Waals surface area contributed by atoms with Gasteiger partial charge in [-0.05, 0) is 45.9 Å². The average Bonchev–Trinajstić information content (AvgIpc) is 2.49. The molecule has 1 fully saturated rings. The summed E-state index contributed by atoms with van der Waals surface area (Å²) in [5.74, 6) is 0.0895. The van der Waals surface area contributed by atoms with Gasteiger partial charge in [0.1, 0.15) is 0 Å². The van der Waals surface area contributed by atoms with Crippen molar-refractivity contribution in [2.45, 2.75) is 38.8 Å². The van der Waals surface area contributed by atoms with Crippen molar-refractivity contribution in [2.75, 3.05) is 33.2 Å². The summed E-state index contributed by atoms with van der Waals surface area (Å²) in [5.41, 5.74) is 0.731. The molecule has 0 saturated carbocycles. The van der Waals surface area contributed by atoms with Crippen LogP contribution in [0, 0.1) is 0 Å². The van der Waals surface area contributed by atoms with E-state index in [2.05, 4.69) is 22.2 Å². The first-order chi connectivity index (χ1) is 10.8. The summed E-state index contributed by atoms with van der Waals surface area (Å²) in [6, 6.07) is 7.70. The van der Waals surface area contributed by atoms with Gasteiger partial charge in [-0.2, -0.15) is 0 Å². The van der Waals surface area contributed by atoms with Gasteiger partial charge in [0.25, 0.3) is 0 Å². The molecule has 1 aromatic rings. The quantitative estimate of drug-likeness (QED) is 0.896. The number of likely N-dealkylation sites (N-methyl/N-ethyl adjacent to an activating group) is 1. The zero-order valence-electron chi connectivity index (χ0n) is 14.6. The smallest absolute Gasteiger partial charge is 0.237 e. The maximum Gasteiger partial charge on any atom is 0.237 e. The molecule has 1 heterocycles. The van der Waals surface area contributed by atoms with E-state index < -0.39 is 0 Å². The van der Waals surface area contributed by atoms with Crippen molar-refractivity contribution < 1.29 is 4.79 Å². The highest BCUT2D eigenvalue weighted by Crippen LogP contribution is 2.21. The van der Waals surface area contributed by atoms with E-state index in [1.807, 2.05) is 45.0 Å². The summed E-state index contributed by atoms with van der Waals surface area (Å²) in [4.78, 5) is 17.2. The van der Waals surface area contributed by atoms with E-state index in [0.29, 0.717) is 6.42 Å². The van der Waals surface area contributed by atoms with Crippen LogP contribution in [-0.2, 0) is 11.2 Å². The fourth-order valence-corrected chi connectivity index (χ4v) is 3.18. The van der Waals surface area contributed by atoms with Crippen LogP contribution in [-0.4, -0.2) is 60.5 Å².